The first-order valence-corrected chi connectivity index (χ1v) is 8.31. The second-order valence-electron chi connectivity index (χ2n) is 4.59. The molecule has 0 radical (unpaired) electrons. The molecule has 2 rings (SSSR count). The maximum atomic E-state index is 5.79. The van der Waals surface area contributed by atoms with Gasteiger partial charge in [-0.3, -0.25) is 0 Å². The van der Waals surface area contributed by atoms with E-state index >= 15 is 0 Å². The highest BCUT2D eigenvalue weighted by Crippen LogP contribution is 2.31. The summed E-state index contributed by atoms with van der Waals surface area (Å²) in [6.07, 6.45) is 17.3. The van der Waals surface area contributed by atoms with Crippen LogP contribution in [0.5, 0.6) is 0 Å². The lowest BCUT2D eigenvalue weighted by Crippen LogP contribution is -2.42. The van der Waals surface area contributed by atoms with Gasteiger partial charge in [0.2, 0.25) is 0 Å². The molecule has 2 aliphatic rings. The number of rotatable bonds is 6. The van der Waals surface area contributed by atoms with Gasteiger partial charge in [-0.2, -0.15) is 0 Å². The van der Waals surface area contributed by atoms with Gasteiger partial charge in [0.25, 0.3) is 0 Å². The third-order valence-corrected chi connectivity index (χ3v) is 7.17. The first kappa shape index (κ1) is 12.6. The van der Waals surface area contributed by atoms with Crippen molar-refractivity contribution in [1.29, 1.82) is 0 Å². The third kappa shape index (κ3) is 3.06. The zero-order valence-corrected chi connectivity index (χ0v) is 11.5. The SMILES string of the molecule is CO[Si](CC1C=CC=C1)(CC1C=CC=C1)OC. The average Bonchev–Trinajstić information content (AvgIpc) is 3.01. The summed E-state index contributed by atoms with van der Waals surface area (Å²) in [7, 11) is 1.51. The molecule has 0 saturated heterocycles. The van der Waals surface area contributed by atoms with E-state index in [1.807, 2.05) is 0 Å². The molecule has 0 aromatic rings. The van der Waals surface area contributed by atoms with E-state index in [0.717, 1.165) is 12.1 Å². The van der Waals surface area contributed by atoms with Crippen molar-refractivity contribution in [3.63, 3.8) is 0 Å². The standard InChI is InChI=1S/C14H20O2Si/c1-15-17(16-2,11-13-7-3-4-8-13)12-14-9-5-6-10-14/h3-10,13-14H,11-12H2,1-2H3. The van der Waals surface area contributed by atoms with Crippen LogP contribution in [0.3, 0.4) is 0 Å². The van der Waals surface area contributed by atoms with Crippen molar-refractivity contribution < 1.29 is 8.85 Å². The summed E-state index contributed by atoms with van der Waals surface area (Å²) in [6, 6.07) is 2.01. The summed E-state index contributed by atoms with van der Waals surface area (Å²) in [5, 5.41) is 0. The highest BCUT2D eigenvalue weighted by molar-refractivity contribution is 6.67. The first-order chi connectivity index (χ1) is 8.28. The molecule has 0 aromatic heterocycles. The lowest BCUT2D eigenvalue weighted by molar-refractivity contribution is 0.236. The van der Waals surface area contributed by atoms with Gasteiger partial charge in [0.1, 0.15) is 0 Å². The van der Waals surface area contributed by atoms with Gasteiger partial charge in [-0.1, -0.05) is 48.6 Å². The molecule has 2 aliphatic carbocycles. The number of allylic oxidation sites excluding steroid dienone is 8. The molecule has 0 spiro atoms. The van der Waals surface area contributed by atoms with E-state index in [1.165, 1.54) is 0 Å². The lowest BCUT2D eigenvalue weighted by Gasteiger charge is -2.30. The van der Waals surface area contributed by atoms with E-state index in [-0.39, 0.29) is 0 Å². The molecule has 92 valence electrons. The second-order valence-corrected chi connectivity index (χ2v) is 8.05. The summed E-state index contributed by atoms with van der Waals surface area (Å²) in [5.41, 5.74) is 0. The third-order valence-electron chi connectivity index (χ3n) is 3.49. The minimum atomic E-state index is -2.08. The smallest absolute Gasteiger partial charge is 0.339 e. The molecule has 0 bridgehead atoms. The molecule has 0 saturated carbocycles. The van der Waals surface area contributed by atoms with Gasteiger partial charge in [0.05, 0.1) is 0 Å². The highest BCUT2D eigenvalue weighted by Gasteiger charge is 2.39. The minimum Gasteiger partial charge on any atom is -0.398 e. The zero-order chi connectivity index (χ0) is 12.1. The van der Waals surface area contributed by atoms with Crippen molar-refractivity contribution in [2.24, 2.45) is 11.8 Å². The predicted octanol–water partition coefficient (Wildman–Crippen LogP) is 3.21. The van der Waals surface area contributed by atoms with Crippen molar-refractivity contribution >= 4 is 8.56 Å². The lowest BCUT2D eigenvalue weighted by atomic mass is 10.2. The molecule has 0 fully saturated rings. The molecular weight excluding hydrogens is 228 g/mol. The predicted molar refractivity (Wildman–Crippen MR) is 72.9 cm³/mol. The zero-order valence-electron chi connectivity index (χ0n) is 10.5. The first-order valence-electron chi connectivity index (χ1n) is 6.08. The van der Waals surface area contributed by atoms with Crippen molar-refractivity contribution in [1.82, 2.24) is 0 Å². The molecule has 3 heteroatoms. The Labute approximate surface area is 105 Å². The fourth-order valence-electron chi connectivity index (χ4n) is 2.45. The van der Waals surface area contributed by atoms with Crippen LogP contribution in [-0.4, -0.2) is 22.8 Å². The maximum Gasteiger partial charge on any atom is 0.339 e. The van der Waals surface area contributed by atoms with Crippen LogP contribution in [0.2, 0.25) is 12.1 Å². The summed E-state index contributed by atoms with van der Waals surface area (Å²) in [4.78, 5) is 0. The van der Waals surface area contributed by atoms with Crippen LogP contribution in [0.1, 0.15) is 0 Å². The molecular formula is C14H20O2Si. The van der Waals surface area contributed by atoms with Crippen molar-refractivity contribution in [3.8, 4) is 0 Å². The largest absolute Gasteiger partial charge is 0.398 e. The van der Waals surface area contributed by atoms with Gasteiger partial charge in [-0.15, -0.1) is 0 Å². The molecule has 0 atom stereocenters. The van der Waals surface area contributed by atoms with Crippen LogP contribution >= 0.6 is 0 Å². The van der Waals surface area contributed by atoms with Crippen molar-refractivity contribution in [3.05, 3.63) is 48.6 Å². The Morgan fingerprint density at radius 3 is 1.41 bits per heavy atom. The normalized spacial score (nSPS) is 19.9. The summed E-state index contributed by atoms with van der Waals surface area (Å²) in [6.45, 7) is 0. The van der Waals surface area contributed by atoms with Crippen LogP contribution in [0.15, 0.2) is 48.6 Å². The van der Waals surface area contributed by atoms with Gasteiger partial charge in [-0.05, 0) is 11.8 Å². The molecule has 0 aliphatic heterocycles. The quantitative estimate of drug-likeness (QED) is 0.672. The Balaban J connectivity index is 2.01. The van der Waals surface area contributed by atoms with Crippen LogP contribution < -0.4 is 0 Å². The Morgan fingerprint density at radius 1 is 0.765 bits per heavy atom. The van der Waals surface area contributed by atoms with E-state index in [0.29, 0.717) is 11.8 Å². The second kappa shape index (κ2) is 5.62. The molecule has 17 heavy (non-hydrogen) atoms. The Hall–Kier alpha value is -0.903. The Bertz CT molecular complexity index is 308. The Kier molecular flexibility index (Phi) is 4.15. The minimum absolute atomic E-state index is 0.482. The van der Waals surface area contributed by atoms with E-state index in [2.05, 4.69) is 48.6 Å². The van der Waals surface area contributed by atoms with Crippen LogP contribution in [-0.2, 0) is 8.85 Å². The Morgan fingerprint density at radius 2 is 1.12 bits per heavy atom. The van der Waals surface area contributed by atoms with Gasteiger partial charge >= 0.3 is 8.56 Å². The number of hydrogen-bond acceptors (Lipinski definition) is 2. The molecule has 0 aromatic carbocycles. The monoisotopic (exact) mass is 248 g/mol. The molecule has 0 heterocycles. The number of hydrogen-bond donors (Lipinski definition) is 0. The molecule has 0 N–H and O–H groups in total. The van der Waals surface area contributed by atoms with Crippen LogP contribution in [0, 0.1) is 11.8 Å². The van der Waals surface area contributed by atoms with Crippen LogP contribution in [0.25, 0.3) is 0 Å². The van der Waals surface area contributed by atoms with Crippen LogP contribution in [0.4, 0.5) is 0 Å². The van der Waals surface area contributed by atoms with Gasteiger partial charge in [0, 0.05) is 26.3 Å². The molecule has 0 unspecified atom stereocenters. The summed E-state index contributed by atoms with van der Waals surface area (Å²) < 4.78 is 11.6. The average molecular weight is 248 g/mol. The van der Waals surface area contributed by atoms with Crippen molar-refractivity contribution in [2.45, 2.75) is 12.1 Å². The molecule has 2 nitrogen and oxygen atoms in total. The molecule has 0 amide bonds. The van der Waals surface area contributed by atoms with Gasteiger partial charge in [0.15, 0.2) is 0 Å². The van der Waals surface area contributed by atoms with E-state index < -0.39 is 8.56 Å². The summed E-state index contributed by atoms with van der Waals surface area (Å²) >= 11 is 0. The van der Waals surface area contributed by atoms with Gasteiger partial charge < -0.3 is 8.85 Å². The maximum absolute atomic E-state index is 5.79. The van der Waals surface area contributed by atoms with E-state index in [4.69, 9.17) is 8.85 Å². The van der Waals surface area contributed by atoms with Crippen molar-refractivity contribution in [2.75, 3.05) is 14.2 Å². The fraction of sp³-hybridized carbons (Fsp3) is 0.429. The van der Waals surface area contributed by atoms with E-state index in [1.54, 1.807) is 14.2 Å². The van der Waals surface area contributed by atoms with Gasteiger partial charge in [-0.25, -0.2) is 0 Å². The fourth-order valence-corrected chi connectivity index (χ4v) is 5.43. The topological polar surface area (TPSA) is 18.5 Å². The highest BCUT2D eigenvalue weighted by atomic mass is 28.4. The van der Waals surface area contributed by atoms with E-state index in [9.17, 15) is 0 Å². The summed E-state index contributed by atoms with van der Waals surface area (Å²) in [5.74, 6) is 0.965.